The highest BCUT2D eigenvalue weighted by atomic mass is 32.2. The molecule has 0 aliphatic heterocycles. The average molecular weight is 267 g/mol. The molecule has 2 aromatic rings. The molecule has 0 unspecified atom stereocenters. The van der Waals surface area contributed by atoms with Gasteiger partial charge < -0.3 is 4.42 Å². The molecule has 17 heavy (non-hydrogen) atoms. The Morgan fingerprint density at radius 1 is 1.29 bits per heavy atom. The van der Waals surface area contributed by atoms with Crippen LogP contribution >= 0.6 is 11.3 Å². The Labute approximate surface area is 103 Å². The second-order valence-corrected chi connectivity index (χ2v) is 5.84. The molecule has 6 heteroatoms. The van der Waals surface area contributed by atoms with Gasteiger partial charge in [0.2, 0.25) is 0 Å². The summed E-state index contributed by atoms with van der Waals surface area (Å²) in [6.45, 7) is 0. The summed E-state index contributed by atoms with van der Waals surface area (Å²) in [4.78, 5) is 0. The molecule has 0 N–H and O–H groups in total. The molecule has 0 aliphatic carbocycles. The summed E-state index contributed by atoms with van der Waals surface area (Å²) >= 11 is 1.14. The summed E-state index contributed by atoms with van der Waals surface area (Å²) in [5.74, 6) is 0.643. The first-order chi connectivity index (χ1) is 8.18. The van der Waals surface area contributed by atoms with Crippen LogP contribution in [0.5, 0.6) is 0 Å². The lowest BCUT2D eigenvalue weighted by Crippen LogP contribution is -1.92. The molecule has 0 bridgehead atoms. The largest absolute Gasteiger partial charge is 0.465 e. The molecule has 0 amide bonds. The van der Waals surface area contributed by atoms with E-state index in [1.54, 1.807) is 35.9 Å². The normalized spacial score (nSPS) is 12.7. The van der Waals surface area contributed by atoms with E-state index in [-0.39, 0.29) is 4.21 Å². The van der Waals surface area contributed by atoms with Crippen molar-refractivity contribution >= 4 is 33.7 Å². The molecule has 0 fully saturated rings. The summed E-state index contributed by atoms with van der Waals surface area (Å²) in [5.41, 5.74) is 0. The van der Waals surface area contributed by atoms with Crippen LogP contribution in [0.1, 0.15) is 5.76 Å². The Morgan fingerprint density at radius 3 is 2.82 bits per heavy atom. The summed E-state index contributed by atoms with van der Waals surface area (Å²) in [5, 5.41) is 1.70. The number of allylic oxidation sites excluding steroid dienone is 1. The first-order valence-corrected chi connectivity index (χ1v) is 7.04. The van der Waals surface area contributed by atoms with Gasteiger partial charge in [-0.15, -0.1) is 11.3 Å². The summed E-state index contributed by atoms with van der Waals surface area (Å²) in [6, 6.07) is 6.71. The molecule has 0 aliphatic rings. The molecule has 0 radical (unpaired) electrons. The van der Waals surface area contributed by atoms with Crippen molar-refractivity contribution in [1.29, 1.82) is 0 Å². The highest BCUT2D eigenvalue weighted by Crippen LogP contribution is 2.17. The van der Waals surface area contributed by atoms with Gasteiger partial charge in [-0.2, -0.15) is 12.8 Å². The molecule has 0 spiro atoms. The molecule has 0 saturated carbocycles. The molecule has 88 valence electrons. The lowest BCUT2D eigenvalue weighted by atomic mass is 10.4. The van der Waals surface area contributed by atoms with E-state index < -0.39 is 10.0 Å². The maximum absolute atomic E-state index is 11.6. The topological polar surface area (TPSA) is 59.6 Å². The van der Waals surface area contributed by atoms with Gasteiger partial charge in [0.1, 0.15) is 9.97 Å². The Bertz CT molecular complexity index is 608. The first kappa shape index (κ1) is 11.8. The number of hydrogen-bond acceptors (Lipinski definition) is 4. The van der Waals surface area contributed by atoms with E-state index in [2.05, 4.69) is 4.40 Å². The van der Waals surface area contributed by atoms with Crippen molar-refractivity contribution in [1.82, 2.24) is 0 Å². The number of sulfonamides is 1. The van der Waals surface area contributed by atoms with E-state index in [4.69, 9.17) is 4.42 Å². The second kappa shape index (κ2) is 5.11. The summed E-state index contributed by atoms with van der Waals surface area (Å²) in [7, 11) is -3.55. The Balaban J connectivity index is 2.07. The van der Waals surface area contributed by atoms with Gasteiger partial charge in [0.05, 0.1) is 6.26 Å². The molecular weight excluding hydrogens is 258 g/mol. The minimum absolute atomic E-state index is 0.236. The first-order valence-electron chi connectivity index (χ1n) is 4.72. The van der Waals surface area contributed by atoms with E-state index in [1.165, 1.54) is 18.4 Å². The summed E-state index contributed by atoms with van der Waals surface area (Å²) in [6.07, 6.45) is 5.92. The second-order valence-electron chi connectivity index (χ2n) is 3.04. The average Bonchev–Trinajstić information content (AvgIpc) is 2.97. The predicted octanol–water partition coefficient (Wildman–Crippen LogP) is 2.81. The van der Waals surface area contributed by atoms with Gasteiger partial charge in [-0.05, 0) is 35.7 Å². The van der Waals surface area contributed by atoms with Gasteiger partial charge in [-0.25, -0.2) is 0 Å². The van der Waals surface area contributed by atoms with Crippen LogP contribution in [0.15, 0.2) is 55.0 Å². The third kappa shape index (κ3) is 3.15. The number of hydrogen-bond donors (Lipinski definition) is 0. The molecule has 2 aromatic heterocycles. The maximum Gasteiger partial charge on any atom is 0.291 e. The molecule has 2 heterocycles. The number of thiophene rings is 1. The van der Waals surface area contributed by atoms with Gasteiger partial charge in [-0.1, -0.05) is 6.07 Å². The van der Waals surface area contributed by atoms with Crippen LogP contribution in [0.2, 0.25) is 0 Å². The predicted molar refractivity (Wildman–Crippen MR) is 67.7 cm³/mol. The monoisotopic (exact) mass is 267 g/mol. The highest BCUT2D eigenvalue weighted by molar-refractivity contribution is 7.92. The maximum atomic E-state index is 11.6. The minimum atomic E-state index is -3.55. The van der Waals surface area contributed by atoms with Crippen molar-refractivity contribution in [2.24, 2.45) is 4.40 Å². The van der Waals surface area contributed by atoms with Crippen LogP contribution in [0.25, 0.3) is 6.08 Å². The highest BCUT2D eigenvalue weighted by Gasteiger charge is 2.11. The zero-order chi connectivity index (χ0) is 12.1. The lowest BCUT2D eigenvalue weighted by molar-refractivity contribution is 0.557. The van der Waals surface area contributed by atoms with Gasteiger partial charge in [-0.3, -0.25) is 0 Å². The fraction of sp³-hybridized carbons (Fsp3) is 0. The van der Waals surface area contributed by atoms with Gasteiger partial charge >= 0.3 is 0 Å². The Morgan fingerprint density at radius 2 is 2.18 bits per heavy atom. The zero-order valence-corrected chi connectivity index (χ0v) is 10.3. The minimum Gasteiger partial charge on any atom is -0.465 e. The third-order valence-corrected chi connectivity index (χ3v) is 4.46. The number of nitrogens with zero attached hydrogens (tertiary/aromatic N) is 1. The van der Waals surface area contributed by atoms with Crippen molar-refractivity contribution in [2.75, 3.05) is 0 Å². The standard InChI is InChI=1S/C11H9NO3S2/c13-17(14,11-6-3-9-16-11)12-7-1-4-10-5-2-8-15-10/h1-9H/b4-1+,12-7+. The Kier molecular flexibility index (Phi) is 3.55. The van der Waals surface area contributed by atoms with E-state index >= 15 is 0 Å². The van der Waals surface area contributed by atoms with Crippen molar-refractivity contribution in [3.63, 3.8) is 0 Å². The van der Waals surface area contributed by atoms with Crippen LogP contribution in [-0.4, -0.2) is 14.6 Å². The molecule has 2 rings (SSSR count). The van der Waals surface area contributed by atoms with E-state index in [9.17, 15) is 8.42 Å². The quantitative estimate of drug-likeness (QED) is 0.800. The van der Waals surface area contributed by atoms with Crippen LogP contribution in [0.3, 0.4) is 0 Å². The molecular formula is C11H9NO3S2. The van der Waals surface area contributed by atoms with Gasteiger partial charge in [0, 0.05) is 6.21 Å². The van der Waals surface area contributed by atoms with Crippen molar-refractivity contribution in [2.45, 2.75) is 4.21 Å². The third-order valence-electron chi connectivity index (χ3n) is 1.84. The van der Waals surface area contributed by atoms with Crippen molar-refractivity contribution < 1.29 is 12.8 Å². The lowest BCUT2D eigenvalue weighted by Gasteiger charge is -1.90. The molecule has 4 nitrogen and oxygen atoms in total. The molecule has 0 atom stereocenters. The zero-order valence-electron chi connectivity index (χ0n) is 8.68. The van der Waals surface area contributed by atoms with E-state index in [1.807, 2.05) is 0 Å². The van der Waals surface area contributed by atoms with Crippen molar-refractivity contribution in [3.05, 3.63) is 47.7 Å². The van der Waals surface area contributed by atoms with Crippen LogP contribution in [-0.2, 0) is 10.0 Å². The molecule has 0 aromatic carbocycles. The number of furan rings is 1. The number of rotatable bonds is 4. The van der Waals surface area contributed by atoms with Gasteiger partial charge in [0.15, 0.2) is 0 Å². The van der Waals surface area contributed by atoms with E-state index in [0.717, 1.165) is 11.3 Å². The van der Waals surface area contributed by atoms with Crippen LogP contribution in [0, 0.1) is 0 Å². The van der Waals surface area contributed by atoms with Crippen LogP contribution < -0.4 is 0 Å². The fourth-order valence-corrected chi connectivity index (χ4v) is 2.92. The Hall–Kier alpha value is -1.66. The van der Waals surface area contributed by atoms with Crippen molar-refractivity contribution in [3.8, 4) is 0 Å². The molecule has 0 saturated heterocycles. The SMILES string of the molecule is O=S(=O)(/N=C/C=C/c1ccco1)c1cccs1. The fourth-order valence-electron chi connectivity index (χ4n) is 1.10. The van der Waals surface area contributed by atoms with Crippen LogP contribution in [0.4, 0.5) is 0 Å². The smallest absolute Gasteiger partial charge is 0.291 e. The van der Waals surface area contributed by atoms with Gasteiger partial charge in [0.25, 0.3) is 10.0 Å². The van der Waals surface area contributed by atoms with E-state index in [0.29, 0.717) is 5.76 Å². The summed E-state index contributed by atoms with van der Waals surface area (Å²) < 4.78 is 32.0.